The standard InChI is InChI=1S/C28H55N3/c1-12-26(5,6)21-24(4)23(3)15-18-31-20-19-30(25(31)29-11)17-14-16-28(9,10)22-27(7,8)13-2/h24H,3,12-22H2,1-2,4-11H3. The Morgan fingerprint density at radius 3 is 2.00 bits per heavy atom. The van der Waals surface area contributed by atoms with Gasteiger partial charge in [-0.25, -0.2) is 0 Å². The van der Waals surface area contributed by atoms with Gasteiger partial charge in [0.05, 0.1) is 0 Å². The first-order chi connectivity index (χ1) is 14.3. The monoisotopic (exact) mass is 433 g/mol. The summed E-state index contributed by atoms with van der Waals surface area (Å²) in [5.41, 5.74) is 2.65. The fourth-order valence-corrected chi connectivity index (χ4v) is 5.25. The van der Waals surface area contributed by atoms with Crippen LogP contribution >= 0.6 is 0 Å². The van der Waals surface area contributed by atoms with Crippen molar-refractivity contribution in [1.29, 1.82) is 0 Å². The highest BCUT2D eigenvalue weighted by Gasteiger charge is 2.29. The van der Waals surface area contributed by atoms with E-state index in [9.17, 15) is 0 Å². The van der Waals surface area contributed by atoms with Crippen molar-refractivity contribution in [2.24, 2.45) is 27.2 Å². The van der Waals surface area contributed by atoms with Crippen molar-refractivity contribution in [2.45, 2.75) is 107 Å². The molecular formula is C28H55N3. The zero-order chi connectivity index (χ0) is 23.9. The predicted octanol–water partition coefficient (Wildman–Crippen LogP) is 7.63. The molecule has 0 saturated carbocycles. The molecule has 1 aliphatic rings. The van der Waals surface area contributed by atoms with Gasteiger partial charge in [0, 0.05) is 33.2 Å². The van der Waals surface area contributed by atoms with Crippen LogP contribution in [-0.2, 0) is 0 Å². The minimum absolute atomic E-state index is 0.405. The average Bonchev–Trinajstić information content (AvgIpc) is 3.06. The van der Waals surface area contributed by atoms with Crippen LogP contribution in [0.15, 0.2) is 17.1 Å². The van der Waals surface area contributed by atoms with Crippen molar-refractivity contribution in [3.8, 4) is 0 Å². The number of guanidine groups is 1. The number of rotatable bonds is 14. The van der Waals surface area contributed by atoms with Gasteiger partial charge in [0.2, 0.25) is 0 Å². The zero-order valence-corrected chi connectivity index (χ0v) is 22.9. The van der Waals surface area contributed by atoms with E-state index in [2.05, 4.69) is 83.7 Å². The number of hydrogen-bond acceptors (Lipinski definition) is 1. The number of nitrogens with zero attached hydrogens (tertiary/aromatic N) is 3. The molecule has 0 amide bonds. The Morgan fingerprint density at radius 2 is 1.48 bits per heavy atom. The first-order valence-corrected chi connectivity index (χ1v) is 12.9. The molecule has 1 fully saturated rings. The van der Waals surface area contributed by atoms with Crippen molar-refractivity contribution < 1.29 is 0 Å². The zero-order valence-electron chi connectivity index (χ0n) is 22.9. The van der Waals surface area contributed by atoms with Crippen LogP contribution in [0, 0.1) is 22.2 Å². The van der Waals surface area contributed by atoms with Crippen molar-refractivity contribution >= 4 is 5.96 Å². The van der Waals surface area contributed by atoms with E-state index in [1.165, 1.54) is 50.1 Å². The van der Waals surface area contributed by atoms with Crippen LogP contribution in [0.3, 0.4) is 0 Å². The van der Waals surface area contributed by atoms with E-state index < -0.39 is 0 Å². The van der Waals surface area contributed by atoms with E-state index in [0.717, 1.165) is 32.6 Å². The summed E-state index contributed by atoms with van der Waals surface area (Å²) in [6.45, 7) is 30.3. The molecule has 3 heteroatoms. The molecule has 0 radical (unpaired) electrons. The lowest BCUT2D eigenvalue weighted by molar-refractivity contribution is 0.171. The topological polar surface area (TPSA) is 18.8 Å². The van der Waals surface area contributed by atoms with Crippen LogP contribution < -0.4 is 0 Å². The van der Waals surface area contributed by atoms with Gasteiger partial charge < -0.3 is 9.80 Å². The molecule has 0 spiro atoms. The van der Waals surface area contributed by atoms with Crippen molar-refractivity contribution in [3.63, 3.8) is 0 Å². The van der Waals surface area contributed by atoms with Crippen LogP contribution in [0.1, 0.15) is 107 Å². The summed E-state index contributed by atoms with van der Waals surface area (Å²) in [5, 5.41) is 0. The smallest absolute Gasteiger partial charge is 0.196 e. The second kappa shape index (κ2) is 11.8. The predicted molar refractivity (Wildman–Crippen MR) is 140 cm³/mol. The van der Waals surface area contributed by atoms with Gasteiger partial charge in [-0.05, 0) is 54.3 Å². The maximum Gasteiger partial charge on any atom is 0.196 e. The number of aliphatic imine (C=N–C) groups is 1. The summed E-state index contributed by atoms with van der Waals surface area (Å²) in [7, 11) is 1.95. The largest absolute Gasteiger partial charge is 0.341 e. The van der Waals surface area contributed by atoms with E-state index in [4.69, 9.17) is 0 Å². The highest BCUT2D eigenvalue weighted by Crippen LogP contribution is 2.39. The molecule has 182 valence electrons. The maximum absolute atomic E-state index is 4.67. The highest BCUT2D eigenvalue weighted by atomic mass is 15.4. The molecular weight excluding hydrogens is 378 g/mol. The average molecular weight is 434 g/mol. The first-order valence-electron chi connectivity index (χ1n) is 12.9. The molecule has 1 aliphatic heterocycles. The van der Waals surface area contributed by atoms with Gasteiger partial charge in [-0.15, -0.1) is 0 Å². The van der Waals surface area contributed by atoms with Gasteiger partial charge in [-0.1, -0.05) is 87.3 Å². The van der Waals surface area contributed by atoms with Gasteiger partial charge in [0.25, 0.3) is 0 Å². The molecule has 3 nitrogen and oxygen atoms in total. The molecule has 0 bridgehead atoms. The molecule has 31 heavy (non-hydrogen) atoms. The third-order valence-electron chi connectivity index (χ3n) is 7.82. The molecule has 0 aromatic rings. The Kier molecular flexibility index (Phi) is 10.6. The normalized spacial score (nSPS) is 18.2. The van der Waals surface area contributed by atoms with E-state index in [1.807, 2.05) is 7.05 Å². The van der Waals surface area contributed by atoms with Gasteiger partial charge in [-0.3, -0.25) is 4.99 Å². The third kappa shape index (κ3) is 9.58. The van der Waals surface area contributed by atoms with Crippen molar-refractivity contribution in [2.75, 3.05) is 33.2 Å². The molecule has 1 rings (SSSR count). The summed E-state index contributed by atoms with van der Waals surface area (Å²) in [6, 6.07) is 0. The quantitative estimate of drug-likeness (QED) is 0.262. The lowest BCUT2D eigenvalue weighted by Gasteiger charge is -2.35. The van der Waals surface area contributed by atoms with E-state index >= 15 is 0 Å². The first kappa shape index (κ1) is 28.0. The van der Waals surface area contributed by atoms with Crippen LogP contribution in [0.2, 0.25) is 0 Å². The van der Waals surface area contributed by atoms with Crippen LogP contribution in [0.5, 0.6) is 0 Å². The van der Waals surface area contributed by atoms with E-state index in [1.54, 1.807) is 0 Å². The molecule has 1 atom stereocenters. The van der Waals surface area contributed by atoms with Crippen molar-refractivity contribution in [3.05, 3.63) is 12.2 Å². The second-order valence-corrected chi connectivity index (χ2v) is 12.5. The fourth-order valence-electron chi connectivity index (χ4n) is 5.25. The van der Waals surface area contributed by atoms with Crippen molar-refractivity contribution in [1.82, 2.24) is 9.80 Å². The van der Waals surface area contributed by atoms with E-state index in [0.29, 0.717) is 22.2 Å². The minimum atomic E-state index is 0.405. The molecule has 0 aromatic heterocycles. The Bertz CT molecular complexity index is 585. The van der Waals surface area contributed by atoms with Gasteiger partial charge in [0.1, 0.15) is 0 Å². The Hall–Kier alpha value is -0.990. The summed E-state index contributed by atoms with van der Waals surface area (Å²) in [5.74, 6) is 1.78. The van der Waals surface area contributed by atoms with Crippen LogP contribution in [0.25, 0.3) is 0 Å². The minimum Gasteiger partial charge on any atom is -0.341 e. The summed E-state index contributed by atoms with van der Waals surface area (Å²) in [6.07, 6.45) is 8.61. The summed E-state index contributed by atoms with van der Waals surface area (Å²) in [4.78, 5) is 9.66. The summed E-state index contributed by atoms with van der Waals surface area (Å²) < 4.78 is 0. The molecule has 1 heterocycles. The fraction of sp³-hybridized carbons (Fsp3) is 0.893. The third-order valence-corrected chi connectivity index (χ3v) is 7.82. The molecule has 0 aromatic carbocycles. The molecule has 1 unspecified atom stereocenters. The Morgan fingerprint density at radius 1 is 0.935 bits per heavy atom. The Balaban J connectivity index is 2.50. The lowest BCUT2D eigenvalue weighted by atomic mass is 9.72. The number of hydrogen-bond donors (Lipinski definition) is 0. The molecule has 0 aliphatic carbocycles. The van der Waals surface area contributed by atoms with Gasteiger partial charge in [-0.2, -0.15) is 0 Å². The second-order valence-electron chi connectivity index (χ2n) is 12.5. The van der Waals surface area contributed by atoms with Crippen LogP contribution in [0.4, 0.5) is 0 Å². The summed E-state index contributed by atoms with van der Waals surface area (Å²) >= 11 is 0. The van der Waals surface area contributed by atoms with Gasteiger partial charge in [0.15, 0.2) is 5.96 Å². The maximum atomic E-state index is 4.67. The Labute approximate surface area is 195 Å². The van der Waals surface area contributed by atoms with Gasteiger partial charge >= 0.3 is 0 Å². The molecule has 0 N–H and O–H groups in total. The lowest BCUT2D eigenvalue weighted by Crippen LogP contribution is -2.35. The van der Waals surface area contributed by atoms with Crippen LogP contribution in [-0.4, -0.2) is 49.0 Å². The SMILES string of the molecule is C=C(CCN1CCN(CCCC(C)(C)CC(C)(C)CC)C1=NC)C(C)CC(C)(C)CC. The van der Waals surface area contributed by atoms with E-state index in [-0.39, 0.29) is 0 Å². The highest BCUT2D eigenvalue weighted by molar-refractivity contribution is 5.81. The molecule has 1 saturated heterocycles.